The van der Waals surface area contributed by atoms with Gasteiger partial charge in [0.25, 0.3) is 5.91 Å². The molecule has 4 aromatic rings. The number of nitrogens with one attached hydrogen (secondary N) is 1. The number of nitrogens with zero attached hydrogens (tertiary/aromatic N) is 3. The van der Waals surface area contributed by atoms with Crippen LogP contribution in [0.2, 0.25) is 0 Å². The number of hydrogen-bond donors (Lipinski definition) is 1. The highest BCUT2D eigenvalue weighted by Crippen LogP contribution is 2.23. The van der Waals surface area contributed by atoms with Gasteiger partial charge in [-0.25, -0.2) is 9.67 Å². The van der Waals surface area contributed by atoms with Gasteiger partial charge in [-0.3, -0.25) is 4.79 Å². The maximum Gasteiger partial charge on any atom is 0.295 e. The molecule has 0 aliphatic carbocycles. The van der Waals surface area contributed by atoms with E-state index in [-0.39, 0.29) is 11.7 Å². The lowest BCUT2D eigenvalue weighted by Gasteiger charge is -2.07. The summed E-state index contributed by atoms with van der Waals surface area (Å²) in [5.41, 5.74) is 4.52. The molecule has 0 fully saturated rings. The molecule has 6 heteroatoms. The average Bonchev–Trinajstić information content (AvgIpc) is 3.22. The number of anilines is 1. The van der Waals surface area contributed by atoms with Crippen molar-refractivity contribution < 1.29 is 9.53 Å². The highest BCUT2D eigenvalue weighted by molar-refractivity contribution is 6.02. The molecule has 0 radical (unpaired) electrons. The van der Waals surface area contributed by atoms with E-state index in [1.807, 2.05) is 86.6 Å². The second-order valence-electron chi connectivity index (χ2n) is 7.01. The monoisotopic (exact) mass is 398 g/mol. The van der Waals surface area contributed by atoms with E-state index < -0.39 is 0 Å². The van der Waals surface area contributed by atoms with Gasteiger partial charge in [0.1, 0.15) is 5.75 Å². The van der Waals surface area contributed by atoms with Gasteiger partial charge in [-0.2, -0.15) is 0 Å². The lowest BCUT2D eigenvalue weighted by atomic mass is 10.1. The van der Waals surface area contributed by atoms with Gasteiger partial charge in [0.05, 0.1) is 12.8 Å². The molecule has 30 heavy (non-hydrogen) atoms. The van der Waals surface area contributed by atoms with E-state index in [0.717, 1.165) is 33.8 Å². The summed E-state index contributed by atoms with van der Waals surface area (Å²) in [5.74, 6) is 1.08. The molecule has 0 saturated heterocycles. The summed E-state index contributed by atoms with van der Waals surface area (Å²) in [6, 6.07) is 23.0. The second-order valence-corrected chi connectivity index (χ2v) is 7.01. The first kappa shape index (κ1) is 19.4. The number of carbonyl (C=O) groups excluding carboxylic acids is 1. The lowest BCUT2D eigenvalue weighted by molar-refractivity contribution is 0.101. The fraction of sp³-hybridized carbons (Fsp3) is 0.125. The fourth-order valence-electron chi connectivity index (χ4n) is 3.22. The van der Waals surface area contributed by atoms with E-state index in [1.54, 1.807) is 11.8 Å². The Kier molecular flexibility index (Phi) is 5.30. The second kappa shape index (κ2) is 8.21. The Balaban J connectivity index is 1.73. The minimum atomic E-state index is -0.355. The van der Waals surface area contributed by atoms with Crippen LogP contribution in [0.25, 0.3) is 17.1 Å². The highest BCUT2D eigenvalue weighted by Gasteiger charge is 2.19. The molecule has 0 bridgehead atoms. The molecule has 0 aliphatic rings. The molecule has 1 heterocycles. The SMILES string of the molecule is COc1ccc(-n2nc(C(=O)Nc3ccc(C)cc3C)nc2-c2ccccc2)cc1. The summed E-state index contributed by atoms with van der Waals surface area (Å²) in [7, 11) is 1.62. The van der Waals surface area contributed by atoms with Crippen LogP contribution in [-0.2, 0) is 0 Å². The van der Waals surface area contributed by atoms with Crippen LogP contribution in [0.5, 0.6) is 5.75 Å². The number of benzene rings is 3. The zero-order valence-corrected chi connectivity index (χ0v) is 17.1. The molecule has 6 nitrogen and oxygen atoms in total. The zero-order chi connectivity index (χ0) is 21.1. The van der Waals surface area contributed by atoms with E-state index in [2.05, 4.69) is 15.4 Å². The number of ether oxygens (including phenoxy) is 1. The normalized spacial score (nSPS) is 10.6. The maximum atomic E-state index is 12.9. The lowest BCUT2D eigenvalue weighted by Crippen LogP contribution is -2.15. The van der Waals surface area contributed by atoms with E-state index in [1.165, 1.54) is 0 Å². The average molecular weight is 398 g/mol. The number of rotatable bonds is 5. The van der Waals surface area contributed by atoms with Crippen molar-refractivity contribution in [2.45, 2.75) is 13.8 Å². The Morgan fingerprint density at radius 1 is 0.967 bits per heavy atom. The standard InChI is InChI=1S/C24H22N4O2/c1-16-9-14-21(17(2)15-16)25-24(29)22-26-23(18-7-5-4-6-8-18)28(27-22)19-10-12-20(30-3)13-11-19/h4-15H,1-3H3,(H,25,29). The number of aryl methyl sites for hydroxylation is 2. The van der Waals surface area contributed by atoms with E-state index in [4.69, 9.17) is 4.74 Å². The summed E-state index contributed by atoms with van der Waals surface area (Å²) in [6.45, 7) is 3.98. The van der Waals surface area contributed by atoms with Crippen LogP contribution in [0.4, 0.5) is 5.69 Å². The Morgan fingerprint density at radius 2 is 1.70 bits per heavy atom. The Labute approximate surface area is 175 Å². The van der Waals surface area contributed by atoms with E-state index in [9.17, 15) is 4.79 Å². The summed E-state index contributed by atoms with van der Waals surface area (Å²) in [6.07, 6.45) is 0. The van der Waals surface area contributed by atoms with Crippen LogP contribution >= 0.6 is 0 Å². The van der Waals surface area contributed by atoms with Gasteiger partial charge in [-0.15, -0.1) is 5.10 Å². The molecule has 0 spiro atoms. The van der Waals surface area contributed by atoms with Gasteiger partial charge in [0.15, 0.2) is 5.82 Å². The quantitative estimate of drug-likeness (QED) is 0.524. The first-order chi connectivity index (χ1) is 14.5. The molecule has 0 saturated carbocycles. The van der Waals surface area contributed by atoms with Gasteiger partial charge >= 0.3 is 0 Å². The van der Waals surface area contributed by atoms with Gasteiger partial charge in [0, 0.05) is 11.3 Å². The molecule has 1 amide bonds. The van der Waals surface area contributed by atoms with Crippen LogP contribution < -0.4 is 10.1 Å². The topological polar surface area (TPSA) is 69.0 Å². The third kappa shape index (κ3) is 3.93. The van der Waals surface area contributed by atoms with Crippen LogP contribution in [0.1, 0.15) is 21.7 Å². The van der Waals surface area contributed by atoms with Crippen molar-refractivity contribution >= 4 is 11.6 Å². The molecule has 150 valence electrons. The first-order valence-corrected chi connectivity index (χ1v) is 9.60. The molecule has 4 rings (SSSR count). The van der Waals surface area contributed by atoms with Crippen molar-refractivity contribution in [1.29, 1.82) is 0 Å². The molecular formula is C24H22N4O2. The van der Waals surface area contributed by atoms with E-state index >= 15 is 0 Å². The van der Waals surface area contributed by atoms with Crippen molar-refractivity contribution in [3.8, 4) is 22.8 Å². The zero-order valence-electron chi connectivity index (χ0n) is 17.1. The number of aromatic nitrogens is 3. The molecule has 0 atom stereocenters. The molecule has 3 aromatic carbocycles. The van der Waals surface area contributed by atoms with Crippen molar-refractivity contribution in [2.24, 2.45) is 0 Å². The van der Waals surface area contributed by atoms with Crippen molar-refractivity contribution in [3.05, 3.63) is 89.7 Å². The minimum absolute atomic E-state index is 0.102. The Hall–Kier alpha value is -3.93. The van der Waals surface area contributed by atoms with Crippen LogP contribution in [0, 0.1) is 13.8 Å². The van der Waals surface area contributed by atoms with Crippen molar-refractivity contribution in [1.82, 2.24) is 14.8 Å². The summed E-state index contributed by atoms with van der Waals surface area (Å²) < 4.78 is 6.91. The fourth-order valence-corrected chi connectivity index (χ4v) is 3.22. The largest absolute Gasteiger partial charge is 0.497 e. The van der Waals surface area contributed by atoms with Gasteiger partial charge < -0.3 is 10.1 Å². The van der Waals surface area contributed by atoms with Crippen molar-refractivity contribution in [3.63, 3.8) is 0 Å². The number of carbonyl (C=O) groups is 1. The predicted molar refractivity (Wildman–Crippen MR) is 117 cm³/mol. The number of hydrogen-bond acceptors (Lipinski definition) is 4. The minimum Gasteiger partial charge on any atom is -0.497 e. The molecule has 1 N–H and O–H groups in total. The molecular weight excluding hydrogens is 376 g/mol. The highest BCUT2D eigenvalue weighted by atomic mass is 16.5. The van der Waals surface area contributed by atoms with Crippen LogP contribution in [0.15, 0.2) is 72.8 Å². The summed E-state index contributed by atoms with van der Waals surface area (Å²) in [4.78, 5) is 17.5. The van der Waals surface area contributed by atoms with E-state index in [0.29, 0.717) is 5.82 Å². The molecule has 0 unspecified atom stereocenters. The molecule has 0 aliphatic heterocycles. The third-order valence-corrected chi connectivity index (χ3v) is 4.79. The van der Waals surface area contributed by atoms with Gasteiger partial charge in [-0.1, -0.05) is 48.0 Å². The van der Waals surface area contributed by atoms with Crippen LogP contribution in [-0.4, -0.2) is 27.8 Å². The number of methoxy groups -OCH3 is 1. The Bertz CT molecular complexity index is 1180. The smallest absolute Gasteiger partial charge is 0.295 e. The number of amides is 1. The Morgan fingerprint density at radius 3 is 2.37 bits per heavy atom. The first-order valence-electron chi connectivity index (χ1n) is 9.60. The van der Waals surface area contributed by atoms with Gasteiger partial charge in [0.2, 0.25) is 5.82 Å². The predicted octanol–water partition coefficient (Wildman–Crippen LogP) is 4.81. The van der Waals surface area contributed by atoms with Crippen LogP contribution in [0.3, 0.4) is 0 Å². The summed E-state index contributed by atoms with van der Waals surface area (Å²) >= 11 is 0. The van der Waals surface area contributed by atoms with Gasteiger partial charge in [-0.05, 0) is 49.7 Å². The van der Waals surface area contributed by atoms with Crippen molar-refractivity contribution in [2.75, 3.05) is 12.4 Å². The molecule has 1 aromatic heterocycles. The summed E-state index contributed by atoms with van der Waals surface area (Å²) in [5, 5.41) is 7.43. The maximum absolute atomic E-state index is 12.9. The third-order valence-electron chi connectivity index (χ3n) is 4.79.